The summed E-state index contributed by atoms with van der Waals surface area (Å²) >= 11 is 0. The van der Waals surface area contributed by atoms with Crippen molar-refractivity contribution in [3.05, 3.63) is 0 Å². The molecule has 0 aliphatic heterocycles. The first-order valence-electron chi connectivity index (χ1n) is 7.48. The first kappa shape index (κ1) is 15.9. The largest absolute Gasteiger partial charge is 0.374 e. The van der Waals surface area contributed by atoms with Gasteiger partial charge in [0.25, 0.3) is 0 Å². The van der Waals surface area contributed by atoms with Crippen LogP contribution in [0.1, 0.15) is 46.0 Å². The second-order valence-electron chi connectivity index (χ2n) is 6.47. The molecule has 108 valence electrons. The molecule has 0 saturated heterocycles. The van der Waals surface area contributed by atoms with Crippen molar-refractivity contribution in [1.29, 1.82) is 0 Å². The summed E-state index contributed by atoms with van der Waals surface area (Å²) in [6, 6.07) is 0. The molecule has 1 rings (SSSR count). The molecule has 2 N–H and O–H groups in total. The predicted molar refractivity (Wildman–Crippen MR) is 77.7 cm³/mol. The standard InChI is InChI=1S/C15H32N2O/c1-13(2)14-6-8-15(12-16,9-7-14)18-11-5-10-17(3)4/h13-14H,5-12,16H2,1-4H3. The monoisotopic (exact) mass is 256 g/mol. The van der Waals surface area contributed by atoms with Crippen LogP contribution in [0.25, 0.3) is 0 Å². The highest BCUT2D eigenvalue weighted by molar-refractivity contribution is 4.89. The summed E-state index contributed by atoms with van der Waals surface area (Å²) in [6.07, 6.45) is 5.95. The number of hydrogen-bond acceptors (Lipinski definition) is 3. The van der Waals surface area contributed by atoms with Crippen LogP contribution in [0.5, 0.6) is 0 Å². The van der Waals surface area contributed by atoms with E-state index in [1.807, 2.05) is 0 Å². The number of nitrogens with two attached hydrogens (primary N) is 1. The van der Waals surface area contributed by atoms with Gasteiger partial charge in [0, 0.05) is 13.2 Å². The van der Waals surface area contributed by atoms with E-state index >= 15 is 0 Å². The average Bonchev–Trinajstić information content (AvgIpc) is 2.35. The number of nitrogens with zero attached hydrogens (tertiary/aromatic N) is 1. The van der Waals surface area contributed by atoms with Gasteiger partial charge in [0.2, 0.25) is 0 Å². The third kappa shape index (κ3) is 4.87. The number of hydrogen-bond donors (Lipinski definition) is 1. The molecule has 0 radical (unpaired) electrons. The van der Waals surface area contributed by atoms with Gasteiger partial charge in [-0.15, -0.1) is 0 Å². The van der Waals surface area contributed by atoms with Gasteiger partial charge in [0.1, 0.15) is 0 Å². The second-order valence-corrected chi connectivity index (χ2v) is 6.47. The Balaban J connectivity index is 2.31. The van der Waals surface area contributed by atoms with Gasteiger partial charge in [-0.3, -0.25) is 0 Å². The van der Waals surface area contributed by atoms with E-state index in [-0.39, 0.29) is 5.60 Å². The minimum atomic E-state index is -0.0162. The lowest BCUT2D eigenvalue weighted by molar-refractivity contribution is -0.0760. The summed E-state index contributed by atoms with van der Waals surface area (Å²) in [5, 5.41) is 0. The zero-order chi connectivity index (χ0) is 13.6. The van der Waals surface area contributed by atoms with Crippen molar-refractivity contribution in [2.75, 3.05) is 33.8 Å². The van der Waals surface area contributed by atoms with Gasteiger partial charge in [-0.05, 0) is 64.6 Å². The molecule has 0 atom stereocenters. The lowest BCUT2D eigenvalue weighted by Gasteiger charge is -2.40. The van der Waals surface area contributed by atoms with Gasteiger partial charge >= 0.3 is 0 Å². The van der Waals surface area contributed by atoms with Crippen molar-refractivity contribution in [3.63, 3.8) is 0 Å². The molecule has 0 aromatic rings. The maximum atomic E-state index is 6.15. The van der Waals surface area contributed by atoms with Crippen LogP contribution in [0, 0.1) is 11.8 Å². The molecule has 1 aliphatic rings. The van der Waals surface area contributed by atoms with Gasteiger partial charge in [-0.1, -0.05) is 13.8 Å². The van der Waals surface area contributed by atoms with Crippen LogP contribution in [0.2, 0.25) is 0 Å². The Hall–Kier alpha value is -0.120. The molecule has 0 unspecified atom stereocenters. The summed E-state index contributed by atoms with van der Waals surface area (Å²) < 4.78 is 6.15. The molecule has 0 spiro atoms. The summed E-state index contributed by atoms with van der Waals surface area (Å²) in [7, 11) is 4.21. The topological polar surface area (TPSA) is 38.5 Å². The highest BCUT2D eigenvalue weighted by Gasteiger charge is 2.35. The molecule has 1 saturated carbocycles. The molecular formula is C15H32N2O. The Morgan fingerprint density at radius 1 is 1.28 bits per heavy atom. The Morgan fingerprint density at radius 3 is 2.33 bits per heavy atom. The van der Waals surface area contributed by atoms with E-state index in [0.717, 1.165) is 44.2 Å². The molecule has 1 fully saturated rings. The van der Waals surface area contributed by atoms with Gasteiger partial charge < -0.3 is 15.4 Å². The Bertz CT molecular complexity index is 221. The van der Waals surface area contributed by atoms with Crippen molar-refractivity contribution in [3.8, 4) is 0 Å². The first-order chi connectivity index (χ1) is 8.49. The Morgan fingerprint density at radius 2 is 1.89 bits per heavy atom. The third-order valence-corrected chi connectivity index (χ3v) is 4.41. The van der Waals surface area contributed by atoms with E-state index in [2.05, 4.69) is 32.8 Å². The average molecular weight is 256 g/mol. The summed E-state index contributed by atoms with van der Waals surface area (Å²) in [4.78, 5) is 2.20. The van der Waals surface area contributed by atoms with Crippen molar-refractivity contribution < 1.29 is 4.74 Å². The van der Waals surface area contributed by atoms with Gasteiger partial charge in [0.05, 0.1) is 5.60 Å². The van der Waals surface area contributed by atoms with Crippen LogP contribution in [-0.2, 0) is 4.74 Å². The quantitative estimate of drug-likeness (QED) is 0.711. The molecule has 3 heteroatoms. The zero-order valence-corrected chi connectivity index (χ0v) is 12.7. The number of rotatable bonds is 7. The van der Waals surface area contributed by atoms with Crippen LogP contribution in [0.4, 0.5) is 0 Å². The van der Waals surface area contributed by atoms with Crippen LogP contribution < -0.4 is 5.73 Å². The molecule has 0 aromatic carbocycles. The summed E-state index contributed by atoms with van der Waals surface area (Å²) in [6.45, 7) is 7.28. The highest BCUT2D eigenvalue weighted by Crippen LogP contribution is 2.37. The van der Waals surface area contributed by atoms with Crippen LogP contribution in [0.15, 0.2) is 0 Å². The maximum absolute atomic E-state index is 6.15. The number of ether oxygens (including phenoxy) is 1. The third-order valence-electron chi connectivity index (χ3n) is 4.41. The molecule has 0 amide bonds. The van der Waals surface area contributed by atoms with Gasteiger partial charge in [0.15, 0.2) is 0 Å². The fraction of sp³-hybridized carbons (Fsp3) is 1.00. The van der Waals surface area contributed by atoms with E-state index in [4.69, 9.17) is 10.5 Å². The highest BCUT2D eigenvalue weighted by atomic mass is 16.5. The van der Waals surface area contributed by atoms with Gasteiger partial charge in [-0.2, -0.15) is 0 Å². The van der Waals surface area contributed by atoms with Crippen molar-refractivity contribution in [2.45, 2.75) is 51.6 Å². The molecule has 18 heavy (non-hydrogen) atoms. The fourth-order valence-corrected chi connectivity index (χ4v) is 2.91. The predicted octanol–water partition coefficient (Wildman–Crippen LogP) is 2.50. The Kier molecular flexibility index (Phi) is 6.61. The molecule has 0 heterocycles. The van der Waals surface area contributed by atoms with E-state index < -0.39 is 0 Å². The van der Waals surface area contributed by atoms with E-state index in [1.54, 1.807) is 0 Å². The van der Waals surface area contributed by atoms with E-state index in [1.165, 1.54) is 12.8 Å². The zero-order valence-electron chi connectivity index (χ0n) is 12.7. The van der Waals surface area contributed by atoms with Gasteiger partial charge in [-0.25, -0.2) is 0 Å². The molecule has 0 bridgehead atoms. The fourth-order valence-electron chi connectivity index (χ4n) is 2.91. The summed E-state index contributed by atoms with van der Waals surface area (Å²) in [5.74, 6) is 1.67. The smallest absolute Gasteiger partial charge is 0.0804 e. The first-order valence-corrected chi connectivity index (χ1v) is 7.48. The minimum absolute atomic E-state index is 0.0162. The lowest BCUT2D eigenvalue weighted by atomic mass is 9.74. The molecule has 0 aromatic heterocycles. The maximum Gasteiger partial charge on any atom is 0.0804 e. The SMILES string of the molecule is CC(C)C1CCC(CN)(OCCCN(C)C)CC1. The molecule has 1 aliphatic carbocycles. The van der Waals surface area contributed by atoms with E-state index in [9.17, 15) is 0 Å². The normalized spacial score (nSPS) is 29.2. The second kappa shape index (κ2) is 7.46. The van der Waals surface area contributed by atoms with Crippen molar-refractivity contribution >= 4 is 0 Å². The van der Waals surface area contributed by atoms with Crippen molar-refractivity contribution in [1.82, 2.24) is 4.90 Å². The Labute approximate surface area is 113 Å². The summed E-state index contributed by atoms with van der Waals surface area (Å²) in [5.41, 5.74) is 5.95. The van der Waals surface area contributed by atoms with Crippen LogP contribution in [0.3, 0.4) is 0 Å². The molecule has 3 nitrogen and oxygen atoms in total. The van der Waals surface area contributed by atoms with Crippen LogP contribution in [-0.4, -0.2) is 44.3 Å². The minimum Gasteiger partial charge on any atom is -0.374 e. The van der Waals surface area contributed by atoms with Crippen LogP contribution >= 0.6 is 0 Å². The lowest BCUT2D eigenvalue weighted by Crippen LogP contribution is -2.45. The van der Waals surface area contributed by atoms with E-state index in [0.29, 0.717) is 6.54 Å². The molecular weight excluding hydrogens is 224 g/mol. The van der Waals surface area contributed by atoms with Crippen molar-refractivity contribution in [2.24, 2.45) is 17.6 Å².